The lowest BCUT2D eigenvalue weighted by atomic mass is 9.92. The number of hydrogen-bond donors (Lipinski definition) is 1. The zero-order valence-electron chi connectivity index (χ0n) is 9.77. The fraction of sp³-hybridized carbons (Fsp3) is 0.214. The van der Waals surface area contributed by atoms with Gasteiger partial charge in [0.25, 0.3) is 0 Å². The number of hydrogen-bond acceptors (Lipinski definition) is 3. The molecule has 0 radical (unpaired) electrons. The highest BCUT2D eigenvalue weighted by Gasteiger charge is 2.28. The molecule has 3 heteroatoms. The minimum atomic E-state index is -0.994. The van der Waals surface area contributed by atoms with E-state index in [1.165, 1.54) is 0 Å². The Kier molecular flexibility index (Phi) is 3.01. The normalized spacial score (nSPS) is 14.0. The number of aliphatic hydroxyl groups is 1. The number of nitriles is 1. The van der Waals surface area contributed by atoms with Crippen LogP contribution in [0.4, 0.5) is 0 Å². The lowest BCUT2D eigenvalue weighted by Gasteiger charge is -2.23. The Bertz CT molecular complexity index is 561. The predicted molar refractivity (Wildman–Crippen MR) is 68.9 cm³/mol. The van der Waals surface area contributed by atoms with Crippen molar-refractivity contribution in [3.63, 3.8) is 0 Å². The number of benzene rings is 1. The second-order valence-electron chi connectivity index (χ2n) is 4.19. The molecule has 1 atom stereocenters. The third-order valence-electron chi connectivity index (χ3n) is 2.88. The smallest absolute Gasteiger partial charge is 0.121 e. The predicted octanol–water partition coefficient (Wildman–Crippen LogP) is 3.18. The summed E-state index contributed by atoms with van der Waals surface area (Å²) in [7, 11) is 0. The van der Waals surface area contributed by atoms with Crippen LogP contribution in [0.2, 0.25) is 0 Å². The molecule has 0 amide bonds. The summed E-state index contributed by atoms with van der Waals surface area (Å²) in [5.74, 6) is 0. The molecule has 0 aliphatic heterocycles. The molecule has 0 saturated heterocycles. The van der Waals surface area contributed by atoms with Gasteiger partial charge >= 0.3 is 0 Å². The molecule has 1 aromatic heterocycles. The van der Waals surface area contributed by atoms with Crippen molar-refractivity contribution in [3.8, 4) is 6.07 Å². The summed E-state index contributed by atoms with van der Waals surface area (Å²) in [4.78, 5) is 0.946. The van der Waals surface area contributed by atoms with Gasteiger partial charge in [0.2, 0.25) is 0 Å². The molecular weight excluding hydrogens is 230 g/mol. The zero-order chi connectivity index (χ0) is 12.5. The van der Waals surface area contributed by atoms with Gasteiger partial charge in [-0.15, -0.1) is 11.3 Å². The summed E-state index contributed by atoms with van der Waals surface area (Å²) in [6.07, 6.45) is 0. The highest BCUT2D eigenvalue weighted by atomic mass is 32.1. The molecular formula is C14H13NOS. The second-order valence-corrected chi connectivity index (χ2v) is 5.11. The maximum absolute atomic E-state index is 10.6. The van der Waals surface area contributed by atoms with Crippen molar-refractivity contribution in [2.24, 2.45) is 0 Å². The molecule has 1 aromatic carbocycles. The van der Waals surface area contributed by atoms with Crippen LogP contribution < -0.4 is 0 Å². The Balaban J connectivity index is 2.45. The Morgan fingerprint density at radius 1 is 1.24 bits per heavy atom. The van der Waals surface area contributed by atoms with Crippen molar-refractivity contribution in [1.29, 1.82) is 5.26 Å². The van der Waals surface area contributed by atoms with E-state index in [-0.39, 0.29) is 0 Å². The van der Waals surface area contributed by atoms with Crippen LogP contribution in [0.1, 0.15) is 28.5 Å². The van der Waals surface area contributed by atoms with E-state index in [0.717, 1.165) is 16.0 Å². The van der Waals surface area contributed by atoms with Crippen molar-refractivity contribution in [2.75, 3.05) is 0 Å². The van der Waals surface area contributed by atoms with Crippen LogP contribution >= 0.6 is 11.3 Å². The Morgan fingerprint density at radius 2 is 1.88 bits per heavy atom. The molecule has 0 aliphatic rings. The number of nitrogens with zero attached hydrogens (tertiary/aromatic N) is 1. The molecule has 2 rings (SSSR count). The SMILES string of the molecule is Cc1ccsc1C(C)(O)c1ccc(C#N)cc1. The van der Waals surface area contributed by atoms with E-state index < -0.39 is 5.60 Å². The quantitative estimate of drug-likeness (QED) is 0.880. The van der Waals surface area contributed by atoms with Gasteiger partial charge in [0, 0.05) is 4.88 Å². The van der Waals surface area contributed by atoms with E-state index in [1.54, 1.807) is 42.5 Å². The molecule has 0 spiro atoms. The summed E-state index contributed by atoms with van der Waals surface area (Å²) in [6.45, 7) is 3.77. The van der Waals surface area contributed by atoms with Crippen LogP contribution in [-0.2, 0) is 5.60 Å². The highest BCUT2D eigenvalue weighted by molar-refractivity contribution is 7.10. The minimum Gasteiger partial charge on any atom is -0.380 e. The standard InChI is InChI=1S/C14H13NOS/c1-10-7-8-17-13(10)14(2,16)12-5-3-11(9-15)4-6-12/h3-8,16H,1-2H3. The minimum absolute atomic E-state index is 0.604. The van der Waals surface area contributed by atoms with Crippen molar-refractivity contribution < 1.29 is 5.11 Å². The molecule has 2 nitrogen and oxygen atoms in total. The average Bonchev–Trinajstić information content (AvgIpc) is 2.76. The molecule has 0 fully saturated rings. The summed E-state index contributed by atoms with van der Waals surface area (Å²) in [5.41, 5.74) is 1.51. The van der Waals surface area contributed by atoms with Crippen LogP contribution in [0.25, 0.3) is 0 Å². The van der Waals surface area contributed by atoms with E-state index in [1.807, 2.05) is 18.4 Å². The lowest BCUT2D eigenvalue weighted by Crippen LogP contribution is -2.22. The molecule has 0 saturated carbocycles. The number of aryl methyl sites for hydroxylation is 1. The van der Waals surface area contributed by atoms with Crippen LogP contribution in [-0.4, -0.2) is 5.11 Å². The molecule has 1 unspecified atom stereocenters. The monoisotopic (exact) mass is 243 g/mol. The lowest BCUT2D eigenvalue weighted by molar-refractivity contribution is 0.106. The zero-order valence-corrected chi connectivity index (χ0v) is 10.6. The Labute approximate surface area is 105 Å². The maximum atomic E-state index is 10.6. The van der Waals surface area contributed by atoms with Gasteiger partial charge in [-0.05, 0) is 48.6 Å². The highest BCUT2D eigenvalue weighted by Crippen LogP contribution is 2.34. The van der Waals surface area contributed by atoms with Gasteiger partial charge in [0.1, 0.15) is 5.60 Å². The molecule has 17 heavy (non-hydrogen) atoms. The molecule has 2 aromatic rings. The Morgan fingerprint density at radius 3 is 2.35 bits per heavy atom. The van der Waals surface area contributed by atoms with Gasteiger partial charge in [-0.3, -0.25) is 0 Å². The molecule has 86 valence electrons. The molecule has 1 N–H and O–H groups in total. The van der Waals surface area contributed by atoms with Crippen LogP contribution in [0, 0.1) is 18.3 Å². The van der Waals surface area contributed by atoms with Crippen LogP contribution in [0.5, 0.6) is 0 Å². The first-order chi connectivity index (χ1) is 8.05. The van der Waals surface area contributed by atoms with Gasteiger partial charge in [0.05, 0.1) is 11.6 Å². The summed E-state index contributed by atoms with van der Waals surface area (Å²) < 4.78 is 0. The van der Waals surface area contributed by atoms with Crippen molar-refractivity contribution in [3.05, 3.63) is 57.3 Å². The van der Waals surface area contributed by atoms with E-state index in [2.05, 4.69) is 6.07 Å². The third kappa shape index (κ3) is 2.10. The van der Waals surface area contributed by atoms with Gasteiger partial charge < -0.3 is 5.11 Å². The van der Waals surface area contributed by atoms with E-state index >= 15 is 0 Å². The topological polar surface area (TPSA) is 44.0 Å². The third-order valence-corrected chi connectivity index (χ3v) is 4.11. The van der Waals surface area contributed by atoms with Gasteiger partial charge in [-0.25, -0.2) is 0 Å². The van der Waals surface area contributed by atoms with Crippen molar-refractivity contribution in [1.82, 2.24) is 0 Å². The molecule has 1 heterocycles. The molecule has 0 bridgehead atoms. The van der Waals surface area contributed by atoms with Gasteiger partial charge in [0.15, 0.2) is 0 Å². The van der Waals surface area contributed by atoms with Crippen LogP contribution in [0.15, 0.2) is 35.7 Å². The van der Waals surface area contributed by atoms with E-state index in [4.69, 9.17) is 5.26 Å². The molecule has 0 aliphatic carbocycles. The van der Waals surface area contributed by atoms with Crippen LogP contribution in [0.3, 0.4) is 0 Å². The maximum Gasteiger partial charge on any atom is 0.121 e. The summed E-state index contributed by atoms with van der Waals surface area (Å²) in [5, 5.41) is 21.3. The largest absolute Gasteiger partial charge is 0.380 e. The number of rotatable bonds is 2. The fourth-order valence-corrected chi connectivity index (χ4v) is 2.88. The summed E-state index contributed by atoms with van der Waals surface area (Å²) in [6, 6.07) is 11.1. The Hall–Kier alpha value is -1.63. The summed E-state index contributed by atoms with van der Waals surface area (Å²) >= 11 is 1.55. The van der Waals surface area contributed by atoms with E-state index in [0.29, 0.717) is 5.56 Å². The first-order valence-corrected chi connectivity index (χ1v) is 6.21. The first kappa shape index (κ1) is 11.8. The number of thiophene rings is 1. The average molecular weight is 243 g/mol. The van der Waals surface area contributed by atoms with Crippen molar-refractivity contribution >= 4 is 11.3 Å². The van der Waals surface area contributed by atoms with Gasteiger partial charge in [-0.1, -0.05) is 12.1 Å². The van der Waals surface area contributed by atoms with Gasteiger partial charge in [-0.2, -0.15) is 5.26 Å². The van der Waals surface area contributed by atoms with E-state index in [9.17, 15) is 5.11 Å². The first-order valence-electron chi connectivity index (χ1n) is 5.33. The fourth-order valence-electron chi connectivity index (χ4n) is 1.87. The second kappa shape index (κ2) is 4.33. The van der Waals surface area contributed by atoms with Crippen molar-refractivity contribution in [2.45, 2.75) is 19.4 Å².